The summed E-state index contributed by atoms with van der Waals surface area (Å²) >= 11 is 0. The average Bonchev–Trinajstić information content (AvgIpc) is 2.54. The fraction of sp³-hybridized carbons (Fsp3) is 0.278. The predicted molar refractivity (Wildman–Crippen MR) is 87.4 cm³/mol. The minimum Gasteiger partial charge on any atom is -0.380 e. The van der Waals surface area contributed by atoms with Crippen molar-refractivity contribution in [3.8, 4) is 0 Å². The second kappa shape index (κ2) is 7.72. The quantitative estimate of drug-likeness (QED) is 0.850. The second-order valence-electron chi connectivity index (χ2n) is 5.70. The number of benzene rings is 2. The Morgan fingerprint density at radius 2 is 1.78 bits per heavy atom. The van der Waals surface area contributed by atoms with Crippen molar-refractivity contribution in [2.45, 2.75) is 19.9 Å². The SMILES string of the molecule is CC(C)C(CNC(=O)c1cc(F)ccc1F)Nc1ccccc1. The summed E-state index contributed by atoms with van der Waals surface area (Å²) < 4.78 is 26.8. The van der Waals surface area contributed by atoms with E-state index in [0.29, 0.717) is 6.54 Å². The number of hydrogen-bond donors (Lipinski definition) is 2. The highest BCUT2D eigenvalue weighted by Crippen LogP contribution is 2.13. The molecule has 0 saturated carbocycles. The molecule has 0 spiro atoms. The minimum absolute atomic E-state index is 0.0297. The van der Waals surface area contributed by atoms with Crippen LogP contribution < -0.4 is 10.6 Å². The van der Waals surface area contributed by atoms with Gasteiger partial charge in [-0.2, -0.15) is 0 Å². The lowest BCUT2D eigenvalue weighted by molar-refractivity contribution is 0.0945. The van der Waals surface area contributed by atoms with Gasteiger partial charge in [0.25, 0.3) is 5.91 Å². The number of nitrogens with one attached hydrogen (secondary N) is 2. The molecule has 1 unspecified atom stereocenters. The van der Waals surface area contributed by atoms with Gasteiger partial charge in [-0.3, -0.25) is 4.79 Å². The summed E-state index contributed by atoms with van der Waals surface area (Å²) in [6.07, 6.45) is 0. The summed E-state index contributed by atoms with van der Waals surface area (Å²) in [5.41, 5.74) is 0.657. The molecule has 2 rings (SSSR count). The molecule has 0 heterocycles. The van der Waals surface area contributed by atoms with E-state index in [4.69, 9.17) is 0 Å². The maximum atomic E-state index is 13.6. The summed E-state index contributed by atoms with van der Waals surface area (Å²) in [5.74, 6) is -1.75. The number of halogens is 2. The zero-order valence-corrected chi connectivity index (χ0v) is 13.1. The van der Waals surface area contributed by atoms with E-state index in [1.54, 1.807) is 0 Å². The van der Waals surface area contributed by atoms with E-state index >= 15 is 0 Å². The summed E-state index contributed by atoms with van der Waals surface area (Å²) in [5, 5.41) is 5.99. The number of para-hydroxylation sites is 1. The van der Waals surface area contributed by atoms with E-state index in [2.05, 4.69) is 10.6 Å². The Morgan fingerprint density at radius 3 is 2.43 bits per heavy atom. The fourth-order valence-electron chi connectivity index (χ4n) is 2.17. The van der Waals surface area contributed by atoms with Gasteiger partial charge in [0.2, 0.25) is 0 Å². The van der Waals surface area contributed by atoms with Gasteiger partial charge in [-0.05, 0) is 36.2 Å². The van der Waals surface area contributed by atoms with E-state index in [0.717, 1.165) is 23.9 Å². The third-order valence-corrected chi connectivity index (χ3v) is 3.59. The Morgan fingerprint density at radius 1 is 1.09 bits per heavy atom. The van der Waals surface area contributed by atoms with Crippen molar-refractivity contribution >= 4 is 11.6 Å². The van der Waals surface area contributed by atoms with Crippen molar-refractivity contribution < 1.29 is 13.6 Å². The Balaban J connectivity index is 2.01. The number of anilines is 1. The number of carbonyl (C=O) groups is 1. The molecule has 0 bridgehead atoms. The molecule has 0 fully saturated rings. The minimum atomic E-state index is -0.735. The van der Waals surface area contributed by atoms with Crippen LogP contribution in [0.25, 0.3) is 0 Å². The van der Waals surface area contributed by atoms with Crippen molar-refractivity contribution in [2.24, 2.45) is 5.92 Å². The smallest absolute Gasteiger partial charge is 0.254 e. The standard InChI is InChI=1S/C18H20F2N2O/c1-12(2)17(22-14-6-4-3-5-7-14)11-21-18(23)15-10-13(19)8-9-16(15)20/h3-10,12,17,22H,11H2,1-2H3,(H,21,23). The molecular weight excluding hydrogens is 298 g/mol. The molecule has 2 N–H and O–H groups in total. The first-order valence-corrected chi connectivity index (χ1v) is 7.52. The first kappa shape index (κ1) is 16.9. The molecule has 0 aliphatic rings. The van der Waals surface area contributed by atoms with E-state index in [9.17, 15) is 13.6 Å². The molecule has 0 aromatic heterocycles. The van der Waals surface area contributed by atoms with E-state index in [1.165, 1.54) is 0 Å². The molecular formula is C18H20F2N2O. The van der Waals surface area contributed by atoms with Crippen LogP contribution in [0, 0.1) is 17.6 Å². The van der Waals surface area contributed by atoms with Crippen LogP contribution in [0.15, 0.2) is 48.5 Å². The molecule has 5 heteroatoms. The molecule has 0 saturated heterocycles. The molecule has 2 aromatic rings. The summed E-state index contributed by atoms with van der Waals surface area (Å²) in [7, 11) is 0. The zero-order chi connectivity index (χ0) is 16.8. The summed E-state index contributed by atoms with van der Waals surface area (Å²) in [4.78, 5) is 12.1. The predicted octanol–water partition coefficient (Wildman–Crippen LogP) is 3.83. The normalized spacial score (nSPS) is 12.0. The largest absolute Gasteiger partial charge is 0.380 e. The first-order chi connectivity index (χ1) is 11.0. The lowest BCUT2D eigenvalue weighted by Crippen LogP contribution is -2.39. The van der Waals surface area contributed by atoms with Gasteiger partial charge in [0.05, 0.1) is 5.56 Å². The molecule has 23 heavy (non-hydrogen) atoms. The Kier molecular flexibility index (Phi) is 5.68. The van der Waals surface area contributed by atoms with Crippen molar-refractivity contribution in [3.05, 3.63) is 65.7 Å². The van der Waals surface area contributed by atoms with Crippen LogP contribution >= 0.6 is 0 Å². The van der Waals surface area contributed by atoms with Gasteiger partial charge in [0.15, 0.2) is 0 Å². The van der Waals surface area contributed by atoms with Crippen LogP contribution in [0.5, 0.6) is 0 Å². The van der Waals surface area contributed by atoms with Crippen LogP contribution in [0.1, 0.15) is 24.2 Å². The first-order valence-electron chi connectivity index (χ1n) is 7.52. The van der Waals surface area contributed by atoms with Crippen LogP contribution in [-0.2, 0) is 0 Å². The van der Waals surface area contributed by atoms with Gasteiger partial charge in [-0.1, -0.05) is 32.0 Å². The maximum absolute atomic E-state index is 13.6. The van der Waals surface area contributed by atoms with Gasteiger partial charge in [-0.25, -0.2) is 8.78 Å². The highest BCUT2D eigenvalue weighted by molar-refractivity contribution is 5.94. The summed E-state index contributed by atoms with van der Waals surface area (Å²) in [6, 6.07) is 12.4. The molecule has 122 valence electrons. The summed E-state index contributed by atoms with van der Waals surface area (Å²) in [6.45, 7) is 4.35. The van der Waals surface area contributed by atoms with Gasteiger partial charge in [0, 0.05) is 18.3 Å². The Labute approximate surface area is 134 Å². The van der Waals surface area contributed by atoms with Crippen molar-refractivity contribution in [3.63, 3.8) is 0 Å². The zero-order valence-electron chi connectivity index (χ0n) is 13.1. The van der Waals surface area contributed by atoms with Crippen LogP contribution in [0.4, 0.5) is 14.5 Å². The highest BCUT2D eigenvalue weighted by Gasteiger charge is 2.17. The molecule has 3 nitrogen and oxygen atoms in total. The molecule has 0 radical (unpaired) electrons. The second-order valence-corrected chi connectivity index (χ2v) is 5.70. The van der Waals surface area contributed by atoms with Crippen molar-refractivity contribution in [1.29, 1.82) is 0 Å². The molecule has 0 aliphatic heterocycles. The lowest BCUT2D eigenvalue weighted by Gasteiger charge is -2.24. The third-order valence-electron chi connectivity index (χ3n) is 3.59. The van der Waals surface area contributed by atoms with Crippen LogP contribution in [-0.4, -0.2) is 18.5 Å². The van der Waals surface area contributed by atoms with Gasteiger partial charge >= 0.3 is 0 Å². The maximum Gasteiger partial charge on any atom is 0.254 e. The number of rotatable bonds is 6. The molecule has 2 aromatic carbocycles. The molecule has 1 atom stereocenters. The van der Waals surface area contributed by atoms with Gasteiger partial charge in [-0.15, -0.1) is 0 Å². The van der Waals surface area contributed by atoms with E-state index in [-0.39, 0.29) is 17.5 Å². The van der Waals surface area contributed by atoms with Crippen LogP contribution in [0.3, 0.4) is 0 Å². The highest BCUT2D eigenvalue weighted by atomic mass is 19.1. The van der Waals surface area contributed by atoms with Gasteiger partial charge in [0.1, 0.15) is 11.6 Å². The third kappa shape index (κ3) is 4.77. The molecule has 0 aliphatic carbocycles. The fourth-order valence-corrected chi connectivity index (χ4v) is 2.17. The van der Waals surface area contributed by atoms with E-state index < -0.39 is 17.5 Å². The Bertz CT molecular complexity index is 659. The van der Waals surface area contributed by atoms with Crippen LogP contribution in [0.2, 0.25) is 0 Å². The van der Waals surface area contributed by atoms with Crippen molar-refractivity contribution in [1.82, 2.24) is 5.32 Å². The topological polar surface area (TPSA) is 41.1 Å². The van der Waals surface area contributed by atoms with E-state index in [1.807, 2.05) is 44.2 Å². The number of carbonyl (C=O) groups excluding carboxylic acids is 1. The molecule has 1 amide bonds. The number of hydrogen-bond acceptors (Lipinski definition) is 2. The number of amides is 1. The van der Waals surface area contributed by atoms with Crippen molar-refractivity contribution in [2.75, 3.05) is 11.9 Å². The average molecular weight is 318 g/mol. The lowest BCUT2D eigenvalue weighted by atomic mass is 10.0. The Hall–Kier alpha value is -2.43. The monoisotopic (exact) mass is 318 g/mol. The van der Waals surface area contributed by atoms with Gasteiger partial charge < -0.3 is 10.6 Å².